The Bertz CT molecular complexity index is 650. The second-order valence-electron chi connectivity index (χ2n) is 6.55. The number of amides is 1. The fraction of sp³-hybridized carbons (Fsp3) is 0.476. The van der Waals surface area contributed by atoms with Gasteiger partial charge < -0.3 is 5.73 Å². The molecule has 5 nitrogen and oxygen atoms in total. The molecule has 142 valence electrons. The number of carbonyl (C=O) groups excluding carboxylic acids is 1. The minimum atomic E-state index is -0.962. The Morgan fingerprint density at radius 2 is 1.92 bits per heavy atom. The van der Waals surface area contributed by atoms with E-state index in [1.54, 1.807) is 6.92 Å². The molecule has 1 aliphatic rings. The second-order valence-corrected chi connectivity index (χ2v) is 6.55. The van der Waals surface area contributed by atoms with Crippen LogP contribution in [0.15, 0.2) is 53.2 Å². The van der Waals surface area contributed by atoms with E-state index in [0.29, 0.717) is 6.42 Å². The third kappa shape index (κ3) is 6.23. The predicted octanol–water partition coefficient (Wildman–Crippen LogP) is 3.81. The number of allylic oxidation sites excluding steroid dienone is 2. The van der Waals surface area contributed by atoms with Gasteiger partial charge in [0.2, 0.25) is 5.91 Å². The van der Waals surface area contributed by atoms with Gasteiger partial charge in [0.05, 0.1) is 11.6 Å². The van der Waals surface area contributed by atoms with Gasteiger partial charge in [-0.2, -0.15) is 4.91 Å². The molecule has 2 atom stereocenters. The lowest BCUT2D eigenvalue weighted by Gasteiger charge is -2.33. The van der Waals surface area contributed by atoms with Crippen molar-refractivity contribution in [3.05, 3.63) is 64.1 Å². The van der Waals surface area contributed by atoms with E-state index in [0.717, 1.165) is 29.5 Å². The highest BCUT2D eigenvalue weighted by atomic mass is 16.3. The van der Waals surface area contributed by atoms with Crippen LogP contribution in [0.5, 0.6) is 0 Å². The standard InChI is InChI=1S/C19H25N3O2.C2H6/c1-14-8-10-15(11-9-14)12-19(2,18(20)23)22-17(13-21-24)16-6-4-3-5-7-16;1-2/h4,6-11,17,22H,3,5,12-13H2,1-2H3,(H2,20,23);1-2H3/t17-,19-;/m0./s1. The van der Waals surface area contributed by atoms with Gasteiger partial charge in [0.1, 0.15) is 6.54 Å². The fourth-order valence-electron chi connectivity index (χ4n) is 2.91. The van der Waals surface area contributed by atoms with E-state index in [-0.39, 0.29) is 12.6 Å². The van der Waals surface area contributed by atoms with Gasteiger partial charge in [0.25, 0.3) is 0 Å². The van der Waals surface area contributed by atoms with Crippen LogP contribution < -0.4 is 11.1 Å². The van der Waals surface area contributed by atoms with E-state index in [2.05, 4.69) is 22.6 Å². The van der Waals surface area contributed by atoms with E-state index >= 15 is 0 Å². The number of nitrogens with two attached hydrogens (primary N) is 1. The van der Waals surface area contributed by atoms with Crippen LogP contribution in [0, 0.1) is 11.8 Å². The average Bonchev–Trinajstić information content (AvgIpc) is 2.65. The summed E-state index contributed by atoms with van der Waals surface area (Å²) in [5.74, 6) is -0.445. The van der Waals surface area contributed by atoms with Crippen LogP contribution >= 0.6 is 0 Å². The summed E-state index contributed by atoms with van der Waals surface area (Å²) in [4.78, 5) is 23.0. The highest BCUT2D eigenvalue weighted by molar-refractivity contribution is 5.84. The first-order chi connectivity index (χ1) is 12.4. The van der Waals surface area contributed by atoms with Crippen LogP contribution in [0.3, 0.4) is 0 Å². The molecular formula is C21H31N3O2. The molecular weight excluding hydrogens is 326 g/mol. The zero-order chi connectivity index (χ0) is 19.6. The Morgan fingerprint density at radius 3 is 2.42 bits per heavy atom. The summed E-state index contributed by atoms with van der Waals surface area (Å²) in [6.07, 6.45) is 8.50. The Kier molecular flexibility index (Phi) is 8.93. The predicted molar refractivity (Wildman–Crippen MR) is 108 cm³/mol. The maximum Gasteiger partial charge on any atom is 0.237 e. The highest BCUT2D eigenvalue weighted by Gasteiger charge is 2.34. The number of nitrogens with zero attached hydrogens (tertiary/aromatic N) is 1. The van der Waals surface area contributed by atoms with Crippen molar-refractivity contribution in [3.63, 3.8) is 0 Å². The van der Waals surface area contributed by atoms with Crippen molar-refractivity contribution in [2.45, 2.75) is 58.5 Å². The van der Waals surface area contributed by atoms with Gasteiger partial charge in [-0.1, -0.05) is 67.1 Å². The molecule has 0 radical (unpaired) electrons. The summed E-state index contributed by atoms with van der Waals surface area (Å²) in [6, 6.07) is 7.68. The SMILES string of the molecule is CC.Cc1ccc(C[C@](C)(N[C@@H](CN=O)C2=CCCC=C2)C(N)=O)cc1. The fourth-order valence-corrected chi connectivity index (χ4v) is 2.91. The van der Waals surface area contributed by atoms with E-state index in [1.807, 2.05) is 51.1 Å². The van der Waals surface area contributed by atoms with Gasteiger partial charge in [-0.25, -0.2) is 0 Å². The Labute approximate surface area is 156 Å². The minimum absolute atomic E-state index is 0.0624. The number of rotatable bonds is 8. The van der Waals surface area contributed by atoms with Crippen LogP contribution in [0.1, 0.15) is 44.7 Å². The molecule has 26 heavy (non-hydrogen) atoms. The molecule has 5 heteroatoms. The van der Waals surface area contributed by atoms with E-state index in [9.17, 15) is 9.70 Å². The monoisotopic (exact) mass is 357 g/mol. The summed E-state index contributed by atoms with van der Waals surface area (Å²) in [6.45, 7) is 7.86. The summed E-state index contributed by atoms with van der Waals surface area (Å²) in [7, 11) is 0. The molecule has 0 heterocycles. The van der Waals surface area contributed by atoms with Crippen molar-refractivity contribution in [1.29, 1.82) is 0 Å². The number of nitroso groups, excluding NO2 is 1. The average molecular weight is 357 g/mol. The Balaban J connectivity index is 0.00000163. The second kappa shape index (κ2) is 10.7. The molecule has 0 bridgehead atoms. The first kappa shape index (κ1) is 21.8. The third-order valence-corrected chi connectivity index (χ3v) is 4.40. The third-order valence-electron chi connectivity index (χ3n) is 4.40. The number of primary amides is 1. The first-order valence-electron chi connectivity index (χ1n) is 9.23. The van der Waals surface area contributed by atoms with Gasteiger partial charge in [-0.15, -0.1) is 0 Å². The lowest BCUT2D eigenvalue weighted by molar-refractivity contribution is -0.124. The molecule has 0 unspecified atom stereocenters. The van der Waals surface area contributed by atoms with Gasteiger partial charge in [0.15, 0.2) is 0 Å². The molecule has 0 aliphatic heterocycles. The lowest BCUT2D eigenvalue weighted by atomic mass is 9.89. The molecule has 0 saturated carbocycles. The van der Waals surface area contributed by atoms with Crippen molar-refractivity contribution in [2.75, 3.05) is 6.54 Å². The number of benzene rings is 1. The number of carbonyl (C=O) groups is 1. The molecule has 0 aromatic heterocycles. The number of aryl methyl sites for hydroxylation is 1. The number of hydrogen-bond acceptors (Lipinski definition) is 4. The van der Waals surface area contributed by atoms with Crippen LogP contribution in [0.4, 0.5) is 0 Å². The van der Waals surface area contributed by atoms with Crippen molar-refractivity contribution in [2.24, 2.45) is 10.9 Å². The quantitative estimate of drug-likeness (QED) is 0.694. The molecule has 3 N–H and O–H groups in total. The van der Waals surface area contributed by atoms with Crippen LogP contribution in [0.2, 0.25) is 0 Å². The Morgan fingerprint density at radius 1 is 1.27 bits per heavy atom. The zero-order valence-electron chi connectivity index (χ0n) is 16.3. The largest absolute Gasteiger partial charge is 0.368 e. The minimum Gasteiger partial charge on any atom is -0.368 e. The summed E-state index contributed by atoms with van der Waals surface area (Å²) in [5.41, 5.74) is 7.87. The van der Waals surface area contributed by atoms with Gasteiger partial charge in [-0.05, 0) is 44.2 Å². The van der Waals surface area contributed by atoms with Crippen LogP contribution in [-0.2, 0) is 11.2 Å². The van der Waals surface area contributed by atoms with Crippen molar-refractivity contribution in [1.82, 2.24) is 5.32 Å². The molecule has 2 rings (SSSR count). The molecule has 0 spiro atoms. The van der Waals surface area contributed by atoms with Gasteiger partial charge >= 0.3 is 0 Å². The molecule has 1 aromatic carbocycles. The van der Waals surface area contributed by atoms with Crippen LogP contribution in [0.25, 0.3) is 0 Å². The van der Waals surface area contributed by atoms with Gasteiger partial charge in [-0.3, -0.25) is 10.1 Å². The van der Waals surface area contributed by atoms with E-state index < -0.39 is 11.4 Å². The highest BCUT2D eigenvalue weighted by Crippen LogP contribution is 2.20. The smallest absolute Gasteiger partial charge is 0.237 e. The van der Waals surface area contributed by atoms with Crippen molar-refractivity contribution in [3.8, 4) is 0 Å². The number of nitrogens with one attached hydrogen (secondary N) is 1. The first-order valence-corrected chi connectivity index (χ1v) is 9.23. The summed E-state index contributed by atoms with van der Waals surface area (Å²) >= 11 is 0. The molecule has 0 saturated heterocycles. The molecule has 1 aromatic rings. The number of hydrogen-bond donors (Lipinski definition) is 2. The molecule has 1 amide bonds. The topological polar surface area (TPSA) is 84.6 Å². The maximum absolute atomic E-state index is 12.1. The van der Waals surface area contributed by atoms with Crippen molar-refractivity contribution >= 4 is 5.91 Å². The van der Waals surface area contributed by atoms with E-state index in [1.165, 1.54) is 0 Å². The van der Waals surface area contributed by atoms with Crippen LogP contribution in [-0.4, -0.2) is 24.0 Å². The molecule has 0 fully saturated rings. The normalized spacial score (nSPS) is 16.5. The van der Waals surface area contributed by atoms with Crippen molar-refractivity contribution < 1.29 is 4.79 Å². The zero-order valence-corrected chi connectivity index (χ0v) is 16.3. The molecule has 1 aliphatic carbocycles. The summed E-state index contributed by atoms with van der Waals surface area (Å²) in [5, 5.41) is 6.31. The van der Waals surface area contributed by atoms with Gasteiger partial charge in [0, 0.05) is 0 Å². The summed E-state index contributed by atoms with van der Waals surface area (Å²) < 4.78 is 0. The lowest BCUT2D eigenvalue weighted by Crippen LogP contribution is -2.59. The van der Waals surface area contributed by atoms with E-state index in [4.69, 9.17) is 5.73 Å². The maximum atomic E-state index is 12.1. The Hall–Kier alpha value is -2.27.